The molecule has 0 fully saturated rings. The van der Waals surface area contributed by atoms with Crippen LogP contribution in [0.4, 0.5) is 0 Å². The second kappa shape index (κ2) is 10.4. The molecule has 0 aliphatic heterocycles. The normalized spacial score (nSPS) is 11.2. The number of phenols is 1. The van der Waals surface area contributed by atoms with E-state index in [9.17, 15) is 14.7 Å². The lowest BCUT2D eigenvalue weighted by Gasteiger charge is -2.13. The Morgan fingerprint density at radius 3 is 2.62 bits per heavy atom. The standard InChI is InChI=1S/C26H32N2O4/c1-5-32-26(31)12-13-27-25(30)15-22-18(4)28(23-9-7-6-8-20(22)23)16-19-10-11-24(29)21(14-19)17(2)3/h6-11,14,17,29H,5,12-13,15-16H2,1-4H3,(H,27,30). The number of fused-ring (bicyclic) bond motifs is 1. The number of carbonyl (C=O) groups excluding carboxylic acids is 2. The SMILES string of the molecule is CCOC(=O)CCNC(=O)Cc1c(C)n(Cc2ccc(O)c(C(C)C)c2)c2ccccc12. The average molecular weight is 437 g/mol. The second-order valence-corrected chi connectivity index (χ2v) is 8.30. The summed E-state index contributed by atoms with van der Waals surface area (Å²) in [5.74, 6) is 0.117. The van der Waals surface area contributed by atoms with Crippen molar-refractivity contribution in [2.75, 3.05) is 13.2 Å². The lowest BCUT2D eigenvalue weighted by atomic mass is 9.99. The third-order valence-corrected chi connectivity index (χ3v) is 5.71. The van der Waals surface area contributed by atoms with E-state index in [0.717, 1.165) is 33.3 Å². The highest BCUT2D eigenvalue weighted by molar-refractivity contribution is 5.91. The number of carbonyl (C=O) groups is 2. The van der Waals surface area contributed by atoms with Gasteiger partial charge in [0, 0.05) is 29.7 Å². The van der Waals surface area contributed by atoms with Crippen LogP contribution < -0.4 is 5.32 Å². The Kier molecular flexibility index (Phi) is 7.57. The van der Waals surface area contributed by atoms with Gasteiger partial charge in [-0.05, 0) is 48.6 Å². The summed E-state index contributed by atoms with van der Waals surface area (Å²) in [4.78, 5) is 24.1. The largest absolute Gasteiger partial charge is 0.508 e. The van der Waals surface area contributed by atoms with Crippen molar-refractivity contribution < 1.29 is 19.4 Å². The number of esters is 1. The molecule has 3 aromatic rings. The number of phenolic OH excluding ortho intramolecular Hbond substituents is 1. The second-order valence-electron chi connectivity index (χ2n) is 8.30. The minimum absolute atomic E-state index is 0.118. The van der Waals surface area contributed by atoms with Crippen LogP contribution in [0.1, 0.15) is 55.5 Å². The molecule has 0 unspecified atom stereocenters. The van der Waals surface area contributed by atoms with Gasteiger partial charge in [0.1, 0.15) is 5.75 Å². The molecule has 2 N–H and O–H groups in total. The molecule has 0 atom stereocenters. The molecule has 32 heavy (non-hydrogen) atoms. The van der Waals surface area contributed by atoms with Crippen molar-refractivity contribution in [3.8, 4) is 5.75 Å². The Morgan fingerprint density at radius 1 is 1.16 bits per heavy atom. The number of aromatic nitrogens is 1. The number of hydrogen-bond acceptors (Lipinski definition) is 4. The van der Waals surface area contributed by atoms with Gasteiger partial charge in [-0.15, -0.1) is 0 Å². The first-order chi connectivity index (χ1) is 15.3. The van der Waals surface area contributed by atoms with Crippen LogP contribution in [0.5, 0.6) is 5.75 Å². The van der Waals surface area contributed by atoms with E-state index in [1.807, 2.05) is 31.2 Å². The molecule has 0 saturated carbocycles. The number of rotatable bonds is 9. The molecule has 0 bridgehead atoms. The molecule has 1 amide bonds. The fourth-order valence-corrected chi connectivity index (χ4v) is 4.04. The van der Waals surface area contributed by atoms with Gasteiger partial charge in [0.2, 0.25) is 5.91 Å². The van der Waals surface area contributed by atoms with Gasteiger partial charge >= 0.3 is 5.97 Å². The molecule has 6 nitrogen and oxygen atoms in total. The molecular formula is C26H32N2O4. The predicted octanol–water partition coefficient (Wildman–Crippen LogP) is 4.44. The summed E-state index contributed by atoms with van der Waals surface area (Å²) in [5, 5.41) is 14.0. The van der Waals surface area contributed by atoms with Gasteiger partial charge in [0.25, 0.3) is 0 Å². The van der Waals surface area contributed by atoms with Crippen LogP contribution in [0.25, 0.3) is 10.9 Å². The van der Waals surface area contributed by atoms with Crippen molar-refractivity contribution in [1.29, 1.82) is 0 Å². The molecule has 170 valence electrons. The molecule has 0 saturated heterocycles. The van der Waals surface area contributed by atoms with Gasteiger partial charge in [-0.2, -0.15) is 0 Å². The number of para-hydroxylation sites is 1. The zero-order chi connectivity index (χ0) is 23.3. The third-order valence-electron chi connectivity index (χ3n) is 5.71. The van der Waals surface area contributed by atoms with Crippen molar-refractivity contribution in [2.24, 2.45) is 0 Å². The maximum Gasteiger partial charge on any atom is 0.307 e. The number of amides is 1. The smallest absolute Gasteiger partial charge is 0.307 e. The van der Waals surface area contributed by atoms with Crippen LogP contribution in [-0.2, 0) is 27.3 Å². The topological polar surface area (TPSA) is 80.6 Å². The summed E-state index contributed by atoms with van der Waals surface area (Å²) in [6.45, 7) is 9.17. The summed E-state index contributed by atoms with van der Waals surface area (Å²) >= 11 is 0. The van der Waals surface area contributed by atoms with E-state index < -0.39 is 0 Å². The fraction of sp³-hybridized carbons (Fsp3) is 0.385. The number of nitrogens with one attached hydrogen (secondary N) is 1. The number of ether oxygens (including phenoxy) is 1. The van der Waals surface area contributed by atoms with Gasteiger partial charge in [-0.1, -0.05) is 44.2 Å². The van der Waals surface area contributed by atoms with E-state index in [-0.39, 0.29) is 37.2 Å². The highest BCUT2D eigenvalue weighted by Crippen LogP contribution is 2.30. The molecule has 2 aromatic carbocycles. The molecular weight excluding hydrogens is 404 g/mol. The minimum atomic E-state index is -0.310. The number of benzene rings is 2. The van der Waals surface area contributed by atoms with E-state index >= 15 is 0 Å². The monoisotopic (exact) mass is 436 g/mol. The van der Waals surface area contributed by atoms with Crippen LogP contribution in [0.3, 0.4) is 0 Å². The molecule has 0 spiro atoms. The van der Waals surface area contributed by atoms with Crippen LogP contribution in [-0.4, -0.2) is 34.7 Å². The molecule has 0 aliphatic rings. The molecule has 3 rings (SSSR count). The number of nitrogens with zero attached hydrogens (tertiary/aromatic N) is 1. The Balaban J connectivity index is 1.83. The van der Waals surface area contributed by atoms with E-state index in [4.69, 9.17) is 4.74 Å². The van der Waals surface area contributed by atoms with Crippen molar-refractivity contribution in [3.63, 3.8) is 0 Å². The van der Waals surface area contributed by atoms with E-state index in [0.29, 0.717) is 18.9 Å². The van der Waals surface area contributed by atoms with Crippen molar-refractivity contribution in [3.05, 3.63) is 64.8 Å². The van der Waals surface area contributed by atoms with Gasteiger partial charge in [0.15, 0.2) is 0 Å². The summed E-state index contributed by atoms with van der Waals surface area (Å²) in [6.07, 6.45) is 0.411. The Labute approximate surface area is 189 Å². The van der Waals surface area contributed by atoms with Gasteiger partial charge in [-0.3, -0.25) is 9.59 Å². The Morgan fingerprint density at radius 2 is 1.91 bits per heavy atom. The first kappa shape index (κ1) is 23.4. The van der Waals surface area contributed by atoms with Gasteiger partial charge in [-0.25, -0.2) is 0 Å². The van der Waals surface area contributed by atoms with Gasteiger partial charge < -0.3 is 19.7 Å². The van der Waals surface area contributed by atoms with Crippen LogP contribution in [0, 0.1) is 6.92 Å². The maximum atomic E-state index is 12.6. The molecule has 0 aliphatic carbocycles. The lowest BCUT2D eigenvalue weighted by molar-refractivity contribution is -0.143. The van der Waals surface area contributed by atoms with Crippen LogP contribution in [0.2, 0.25) is 0 Å². The first-order valence-corrected chi connectivity index (χ1v) is 11.1. The lowest BCUT2D eigenvalue weighted by Crippen LogP contribution is -2.28. The molecule has 1 heterocycles. The molecule has 1 aromatic heterocycles. The quantitative estimate of drug-likeness (QED) is 0.486. The van der Waals surface area contributed by atoms with E-state index in [2.05, 4.69) is 35.9 Å². The van der Waals surface area contributed by atoms with Crippen LogP contribution >= 0.6 is 0 Å². The molecule has 6 heteroatoms. The van der Waals surface area contributed by atoms with Crippen molar-refractivity contribution in [2.45, 2.75) is 53.0 Å². The zero-order valence-corrected chi connectivity index (χ0v) is 19.3. The third kappa shape index (κ3) is 5.31. The summed E-state index contributed by atoms with van der Waals surface area (Å²) in [6, 6.07) is 13.8. The summed E-state index contributed by atoms with van der Waals surface area (Å²) in [5.41, 5.74) is 5.11. The Hall–Kier alpha value is -3.28. The highest BCUT2D eigenvalue weighted by Gasteiger charge is 2.17. The maximum absolute atomic E-state index is 12.6. The zero-order valence-electron chi connectivity index (χ0n) is 19.3. The van der Waals surface area contributed by atoms with Crippen LogP contribution in [0.15, 0.2) is 42.5 Å². The number of aromatic hydroxyl groups is 1. The number of hydrogen-bond donors (Lipinski definition) is 2. The first-order valence-electron chi connectivity index (χ1n) is 11.1. The van der Waals surface area contributed by atoms with Crippen molar-refractivity contribution >= 4 is 22.8 Å². The summed E-state index contributed by atoms with van der Waals surface area (Å²) < 4.78 is 7.12. The van der Waals surface area contributed by atoms with E-state index in [1.165, 1.54) is 0 Å². The highest BCUT2D eigenvalue weighted by atomic mass is 16.5. The van der Waals surface area contributed by atoms with E-state index in [1.54, 1.807) is 13.0 Å². The molecule has 0 radical (unpaired) electrons. The fourth-order valence-electron chi connectivity index (χ4n) is 4.04. The van der Waals surface area contributed by atoms with Gasteiger partial charge in [0.05, 0.1) is 19.4 Å². The summed E-state index contributed by atoms with van der Waals surface area (Å²) in [7, 11) is 0. The predicted molar refractivity (Wildman–Crippen MR) is 126 cm³/mol. The van der Waals surface area contributed by atoms with Crippen molar-refractivity contribution in [1.82, 2.24) is 9.88 Å². The average Bonchev–Trinajstić information content (AvgIpc) is 3.01. The Bertz CT molecular complexity index is 1110. The minimum Gasteiger partial charge on any atom is -0.508 e.